The van der Waals surface area contributed by atoms with Gasteiger partial charge in [0.05, 0.1) is 19.3 Å². The molecule has 1 aromatic carbocycles. The van der Waals surface area contributed by atoms with Gasteiger partial charge in [-0.05, 0) is 19.9 Å². The second kappa shape index (κ2) is 6.64. The van der Waals surface area contributed by atoms with Gasteiger partial charge < -0.3 is 14.8 Å². The molecule has 0 fully saturated rings. The lowest BCUT2D eigenvalue weighted by atomic mass is 9.98. The van der Waals surface area contributed by atoms with E-state index in [9.17, 15) is 4.79 Å². The molecule has 2 heterocycles. The summed E-state index contributed by atoms with van der Waals surface area (Å²) < 4.78 is 10.8. The molecule has 1 aromatic heterocycles. The van der Waals surface area contributed by atoms with Crippen molar-refractivity contribution in [1.82, 2.24) is 9.97 Å². The molecule has 0 aliphatic carbocycles. The highest BCUT2D eigenvalue weighted by atomic mass is 16.5. The highest BCUT2D eigenvalue weighted by Gasteiger charge is 2.24. The molecule has 120 valence electrons. The van der Waals surface area contributed by atoms with Crippen LogP contribution < -0.4 is 10.1 Å². The lowest BCUT2D eigenvalue weighted by molar-refractivity contribution is 0.0526. The van der Waals surface area contributed by atoms with Crippen LogP contribution in [0.25, 0.3) is 0 Å². The van der Waals surface area contributed by atoms with Crippen LogP contribution in [-0.2, 0) is 4.74 Å². The number of aromatic nitrogens is 2. The number of rotatable bonds is 4. The third-order valence-electron chi connectivity index (χ3n) is 3.72. The number of hydrogen-bond donors (Lipinski definition) is 1. The van der Waals surface area contributed by atoms with E-state index >= 15 is 0 Å². The van der Waals surface area contributed by atoms with E-state index in [4.69, 9.17) is 9.47 Å². The number of anilines is 1. The van der Waals surface area contributed by atoms with E-state index in [1.54, 1.807) is 6.92 Å². The Bertz CT molecular complexity index is 718. The van der Waals surface area contributed by atoms with Crippen LogP contribution in [0.2, 0.25) is 0 Å². The van der Waals surface area contributed by atoms with Crippen molar-refractivity contribution in [3.63, 3.8) is 0 Å². The summed E-state index contributed by atoms with van der Waals surface area (Å²) >= 11 is 0. The van der Waals surface area contributed by atoms with Gasteiger partial charge in [0.2, 0.25) is 0 Å². The minimum Gasteiger partial charge on any atom is -0.493 e. The maximum atomic E-state index is 12.0. The third kappa shape index (κ3) is 3.26. The highest BCUT2D eigenvalue weighted by molar-refractivity contribution is 5.94. The topological polar surface area (TPSA) is 73.3 Å². The lowest BCUT2D eigenvalue weighted by Gasteiger charge is -2.27. The van der Waals surface area contributed by atoms with Crippen LogP contribution in [0.1, 0.15) is 40.9 Å². The summed E-state index contributed by atoms with van der Waals surface area (Å²) in [7, 11) is 0. The van der Waals surface area contributed by atoms with E-state index < -0.39 is 5.97 Å². The van der Waals surface area contributed by atoms with Crippen molar-refractivity contribution in [2.45, 2.75) is 26.3 Å². The summed E-state index contributed by atoms with van der Waals surface area (Å²) in [5.74, 6) is 0.927. The molecular formula is C17H19N3O3. The first-order valence-electron chi connectivity index (χ1n) is 7.66. The maximum absolute atomic E-state index is 12.0. The van der Waals surface area contributed by atoms with Gasteiger partial charge in [-0.3, -0.25) is 0 Å². The van der Waals surface area contributed by atoms with Gasteiger partial charge in [-0.2, -0.15) is 0 Å². The van der Waals surface area contributed by atoms with E-state index in [2.05, 4.69) is 21.4 Å². The Labute approximate surface area is 134 Å². The number of carbonyl (C=O) groups excluding carboxylic acids is 1. The average Bonchev–Trinajstić information content (AvgIpc) is 2.56. The van der Waals surface area contributed by atoms with Crippen molar-refractivity contribution in [1.29, 1.82) is 0 Å². The molecule has 1 aliphatic rings. The van der Waals surface area contributed by atoms with Crippen molar-refractivity contribution in [3.05, 3.63) is 47.4 Å². The maximum Gasteiger partial charge on any atom is 0.343 e. The van der Waals surface area contributed by atoms with Crippen LogP contribution in [0, 0.1) is 6.92 Å². The van der Waals surface area contributed by atoms with Crippen molar-refractivity contribution in [2.24, 2.45) is 0 Å². The number of aryl methyl sites for hydroxylation is 1. The summed E-state index contributed by atoms with van der Waals surface area (Å²) in [6, 6.07) is 6.12. The Morgan fingerprint density at radius 3 is 3.17 bits per heavy atom. The van der Waals surface area contributed by atoms with Gasteiger partial charge in [0.25, 0.3) is 0 Å². The largest absolute Gasteiger partial charge is 0.493 e. The molecular weight excluding hydrogens is 294 g/mol. The number of esters is 1. The fraction of sp³-hybridized carbons (Fsp3) is 0.353. The number of carbonyl (C=O) groups is 1. The van der Waals surface area contributed by atoms with Gasteiger partial charge in [0.15, 0.2) is 0 Å². The van der Waals surface area contributed by atoms with Crippen LogP contribution in [0.4, 0.5) is 5.82 Å². The Balaban J connectivity index is 1.89. The number of nitrogens with one attached hydrogen (secondary N) is 1. The number of nitrogens with zero attached hydrogens (tertiary/aromatic N) is 2. The molecule has 1 aliphatic heterocycles. The number of hydrogen-bond acceptors (Lipinski definition) is 6. The molecule has 0 saturated carbocycles. The molecule has 23 heavy (non-hydrogen) atoms. The van der Waals surface area contributed by atoms with Crippen LogP contribution in [0.5, 0.6) is 5.75 Å². The first kappa shape index (κ1) is 15.3. The minimum atomic E-state index is -0.424. The van der Waals surface area contributed by atoms with Gasteiger partial charge >= 0.3 is 5.97 Å². The number of benzene rings is 1. The van der Waals surface area contributed by atoms with E-state index in [1.165, 1.54) is 12.5 Å². The number of ether oxygens (including phenoxy) is 2. The van der Waals surface area contributed by atoms with Gasteiger partial charge in [0.1, 0.15) is 23.5 Å². The Morgan fingerprint density at radius 2 is 2.35 bits per heavy atom. The summed E-state index contributed by atoms with van der Waals surface area (Å²) in [5.41, 5.74) is 2.58. The van der Waals surface area contributed by atoms with Gasteiger partial charge in [-0.15, -0.1) is 0 Å². The second-order valence-corrected chi connectivity index (χ2v) is 5.38. The molecule has 0 saturated heterocycles. The van der Waals surface area contributed by atoms with Gasteiger partial charge in [-0.25, -0.2) is 14.8 Å². The van der Waals surface area contributed by atoms with Crippen molar-refractivity contribution in [3.8, 4) is 5.75 Å². The van der Waals surface area contributed by atoms with Crippen LogP contribution in [-0.4, -0.2) is 29.2 Å². The number of fused-ring (bicyclic) bond motifs is 1. The molecule has 0 amide bonds. The van der Waals surface area contributed by atoms with E-state index in [0.29, 0.717) is 24.6 Å². The average molecular weight is 313 g/mol. The summed E-state index contributed by atoms with van der Waals surface area (Å²) in [4.78, 5) is 20.2. The zero-order valence-corrected chi connectivity index (χ0v) is 13.2. The predicted octanol–water partition coefficient (Wildman–Crippen LogP) is 2.90. The normalized spacial score (nSPS) is 16.2. The quantitative estimate of drug-likeness (QED) is 0.875. The molecule has 1 N–H and O–H groups in total. The highest BCUT2D eigenvalue weighted by Crippen LogP contribution is 2.35. The first-order chi connectivity index (χ1) is 11.2. The third-order valence-corrected chi connectivity index (χ3v) is 3.72. The molecule has 1 unspecified atom stereocenters. The Morgan fingerprint density at radius 1 is 1.48 bits per heavy atom. The van der Waals surface area contributed by atoms with Gasteiger partial charge in [0, 0.05) is 18.2 Å². The molecule has 6 heteroatoms. The molecule has 6 nitrogen and oxygen atoms in total. The summed E-state index contributed by atoms with van der Waals surface area (Å²) in [6.07, 6.45) is 3.69. The molecule has 0 bridgehead atoms. The van der Waals surface area contributed by atoms with Crippen LogP contribution >= 0.6 is 0 Å². The fourth-order valence-corrected chi connectivity index (χ4v) is 2.63. The fourth-order valence-electron chi connectivity index (χ4n) is 2.63. The van der Waals surface area contributed by atoms with Crippen molar-refractivity contribution < 1.29 is 14.3 Å². The minimum absolute atomic E-state index is 0.0294. The van der Waals surface area contributed by atoms with E-state index in [1.807, 2.05) is 19.1 Å². The van der Waals surface area contributed by atoms with Crippen molar-refractivity contribution in [2.75, 3.05) is 18.5 Å². The molecule has 1 atom stereocenters. The first-order valence-corrected chi connectivity index (χ1v) is 7.66. The Kier molecular flexibility index (Phi) is 4.41. The molecule has 3 rings (SSSR count). The van der Waals surface area contributed by atoms with E-state index in [-0.39, 0.29) is 6.04 Å². The standard InChI is InChI=1S/C17H19N3O3/c1-3-22-17(21)13-9-18-10-19-16(13)20-14-6-7-23-15-5-4-11(2)8-12(14)15/h4-5,8-10,14H,3,6-7H2,1-2H3,(H,18,19,20). The summed E-state index contributed by atoms with van der Waals surface area (Å²) in [5, 5.41) is 3.34. The zero-order valence-electron chi connectivity index (χ0n) is 13.2. The SMILES string of the molecule is CCOC(=O)c1cncnc1NC1CCOc2ccc(C)cc21. The smallest absolute Gasteiger partial charge is 0.343 e. The molecule has 2 aromatic rings. The summed E-state index contributed by atoms with van der Waals surface area (Å²) in [6.45, 7) is 4.74. The predicted molar refractivity (Wildman–Crippen MR) is 85.6 cm³/mol. The monoisotopic (exact) mass is 313 g/mol. The zero-order chi connectivity index (χ0) is 16.2. The Hall–Kier alpha value is -2.63. The van der Waals surface area contributed by atoms with Crippen LogP contribution in [0.15, 0.2) is 30.7 Å². The van der Waals surface area contributed by atoms with E-state index in [0.717, 1.165) is 23.3 Å². The second-order valence-electron chi connectivity index (χ2n) is 5.38. The molecule has 0 spiro atoms. The molecule has 0 radical (unpaired) electrons. The lowest BCUT2D eigenvalue weighted by Crippen LogP contribution is -2.22. The van der Waals surface area contributed by atoms with Crippen LogP contribution in [0.3, 0.4) is 0 Å². The van der Waals surface area contributed by atoms with Gasteiger partial charge in [-0.1, -0.05) is 17.7 Å². The van der Waals surface area contributed by atoms with Crippen molar-refractivity contribution >= 4 is 11.8 Å².